The Bertz CT molecular complexity index is 400. The highest BCUT2D eigenvalue weighted by molar-refractivity contribution is 5.31. The molecule has 1 heteroatoms. The van der Waals surface area contributed by atoms with Gasteiger partial charge >= 0.3 is 0 Å². The summed E-state index contributed by atoms with van der Waals surface area (Å²) in [5.74, 6) is 0. The first-order valence-corrected chi connectivity index (χ1v) is 7.96. The van der Waals surface area contributed by atoms with Gasteiger partial charge in [0.1, 0.15) is 0 Å². The fraction of sp³-hybridized carbons (Fsp3) is 0.667. The lowest BCUT2D eigenvalue weighted by atomic mass is 9.82. The van der Waals surface area contributed by atoms with Crippen LogP contribution in [-0.2, 0) is 6.42 Å². The highest BCUT2D eigenvalue weighted by atomic mass is 15.0. The predicted molar refractivity (Wildman–Crippen MR) is 83.7 cm³/mol. The largest absolute Gasteiger partial charge is 0.311 e. The van der Waals surface area contributed by atoms with E-state index in [1.54, 1.807) is 0 Å². The summed E-state index contributed by atoms with van der Waals surface area (Å²) in [6.07, 6.45) is 9.25. The van der Waals surface area contributed by atoms with Crippen molar-refractivity contribution in [3.63, 3.8) is 0 Å². The van der Waals surface area contributed by atoms with Crippen LogP contribution in [0.1, 0.15) is 62.1 Å². The van der Waals surface area contributed by atoms with E-state index in [4.69, 9.17) is 0 Å². The van der Waals surface area contributed by atoms with Gasteiger partial charge < -0.3 is 5.32 Å². The third-order valence-electron chi connectivity index (χ3n) is 4.67. The van der Waals surface area contributed by atoms with Gasteiger partial charge in [-0.3, -0.25) is 0 Å². The topological polar surface area (TPSA) is 12.0 Å². The monoisotopic (exact) mass is 259 g/mol. The highest BCUT2D eigenvalue weighted by Crippen LogP contribution is 2.28. The van der Waals surface area contributed by atoms with E-state index in [1.165, 1.54) is 68.2 Å². The average Bonchev–Trinajstić information content (AvgIpc) is 2.60. The summed E-state index contributed by atoms with van der Waals surface area (Å²) in [5, 5.41) is 3.88. The maximum atomic E-state index is 3.88. The molecule has 0 spiro atoms. The molecule has 1 aliphatic heterocycles. The third-order valence-corrected chi connectivity index (χ3v) is 4.67. The molecular formula is C18H29N. The smallest absolute Gasteiger partial charge is 0.0221 e. The van der Waals surface area contributed by atoms with Crippen LogP contribution in [0.25, 0.3) is 0 Å². The Morgan fingerprint density at radius 1 is 1.11 bits per heavy atom. The summed E-state index contributed by atoms with van der Waals surface area (Å²) >= 11 is 0. The minimum Gasteiger partial charge on any atom is -0.311 e. The summed E-state index contributed by atoms with van der Waals surface area (Å²) in [7, 11) is 0. The minimum absolute atomic E-state index is 0.354. The molecule has 1 aliphatic rings. The van der Waals surface area contributed by atoms with Crippen molar-refractivity contribution < 1.29 is 0 Å². The molecular weight excluding hydrogens is 230 g/mol. The third kappa shape index (κ3) is 3.82. The van der Waals surface area contributed by atoms with E-state index >= 15 is 0 Å². The van der Waals surface area contributed by atoms with Gasteiger partial charge in [0.05, 0.1) is 0 Å². The van der Waals surface area contributed by atoms with Crippen molar-refractivity contribution in [2.24, 2.45) is 0 Å². The van der Waals surface area contributed by atoms with Crippen molar-refractivity contribution in [2.75, 3.05) is 6.54 Å². The maximum Gasteiger partial charge on any atom is 0.0221 e. The van der Waals surface area contributed by atoms with Crippen LogP contribution >= 0.6 is 0 Å². The van der Waals surface area contributed by atoms with Crippen molar-refractivity contribution in [3.8, 4) is 0 Å². The zero-order valence-corrected chi connectivity index (χ0v) is 12.9. The SMILES string of the molecule is CCCC1(Cc2ccc(C)c(C)c2)CCCCCN1. The number of nitrogens with one attached hydrogen (secondary N) is 1. The standard InChI is InChI=1S/C18H29N/c1-4-10-18(11-6-5-7-12-19-18)14-17-9-8-15(2)16(3)13-17/h8-9,13,19H,4-7,10-12,14H2,1-3H3. The molecule has 0 saturated carbocycles. The quantitative estimate of drug-likeness (QED) is 0.836. The van der Waals surface area contributed by atoms with Crippen molar-refractivity contribution >= 4 is 0 Å². The molecule has 0 amide bonds. The van der Waals surface area contributed by atoms with Crippen molar-refractivity contribution in [1.82, 2.24) is 5.32 Å². The van der Waals surface area contributed by atoms with E-state index in [0.717, 1.165) is 0 Å². The molecule has 0 radical (unpaired) electrons. The molecule has 1 heterocycles. The second-order valence-electron chi connectivity index (χ2n) is 6.36. The molecule has 1 fully saturated rings. The van der Waals surface area contributed by atoms with Gasteiger partial charge in [-0.2, -0.15) is 0 Å². The zero-order valence-electron chi connectivity index (χ0n) is 12.9. The molecule has 1 atom stereocenters. The van der Waals surface area contributed by atoms with Gasteiger partial charge in [0.25, 0.3) is 0 Å². The second-order valence-corrected chi connectivity index (χ2v) is 6.36. The Morgan fingerprint density at radius 3 is 2.68 bits per heavy atom. The van der Waals surface area contributed by atoms with Crippen LogP contribution in [0.5, 0.6) is 0 Å². The summed E-state index contributed by atoms with van der Waals surface area (Å²) in [4.78, 5) is 0. The van der Waals surface area contributed by atoms with Crippen LogP contribution in [0.2, 0.25) is 0 Å². The Hall–Kier alpha value is -0.820. The summed E-state index contributed by atoms with van der Waals surface area (Å²) in [6, 6.07) is 6.99. The first-order valence-electron chi connectivity index (χ1n) is 7.96. The first kappa shape index (κ1) is 14.6. The molecule has 1 nitrogen and oxygen atoms in total. The molecule has 106 valence electrons. The Balaban J connectivity index is 2.16. The van der Waals surface area contributed by atoms with Gasteiger partial charge in [0.2, 0.25) is 0 Å². The van der Waals surface area contributed by atoms with Crippen LogP contribution in [0.3, 0.4) is 0 Å². The number of aryl methyl sites for hydroxylation is 2. The Labute approximate surface area is 118 Å². The average molecular weight is 259 g/mol. The van der Waals surface area contributed by atoms with Gasteiger partial charge in [0, 0.05) is 5.54 Å². The second kappa shape index (κ2) is 6.56. The molecule has 0 bridgehead atoms. The molecule has 0 aromatic heterocycles. The van der Waals surface area contributed by atoms with Crippen LogP contribution in [-0.4, -0.2) is 12.1 Å². The van der Waals surface area contributed by atoms with Crippen molar-refractivity contribution in [2.45, 2.75) is 71.3 Å². The molecule has 2 rings (SSSR count). The predicted octanol–water partition coefficient (Wildman–Crippen LogP) is 4.55. The van der Waals surface area contributed by atoms with Crippen LogP contribution in [0.15, 0.2) is 18.2 Å². The summed E-state index contributed by atoms with van der Waals surface area (Å²) < 4.78 is 0. The van der Waals surface area contributed by atoms with Crippen molar-refractivity contribution in [1.29, 1.82) is 0 Å². The lowest BCUT2D eigenvalue weighted by molar-refractivity contribution is 0.288. The van der Waals surface area contributed by atoms with E-state index in [0.29, 0.717) is 5.54 Å². The van der Waals surface area contributed by atoms with Gasteiger partial charge in [-0.15, -0.1) is 0 Å². The molecule has 1 N–H and O–H groups in total. The number of hydrogen-bond donors (Lipinski definition) is 1. The zero-order chi connectivity index (χ0) is 13.7. The van der Waals surface area contributed by atoms with Gasteiger partial charge in [-0.05, 0) is 62.8 Å². The minimum atomic E-state index is 0.354. The molecule has 1 aromatic rings. The number of rotatable bonds is 4. The molecule has 1 unspecified atom stereocenters. The molecule has 0 aliphatic carbocycles. The maximum absolute atomic E-state index is 3.88. The van der Waals surface area contributed by atoms with E-state index < -0.39 is 0 Å². The van der Waals surface area contributed by atoms with Crippen LogP contribution < -0.4 is 5.32 Å². The van der Waals surface area contributed by atoms with Gasteiger partial charge in [-0.25, -0.2) is 0 Å². The lowest BCUT2D eigenvalue weighted by Crippen LogP contribution is -2.46. The van der Waals surface area contributed by atoms with Crippen molar-refractivity contribution in [3.05, 3.63) is 34.9 Å². The highest BCUT2D eigenvalue weighted by Gasteiger charge is 2.29. The normalized spacial score (nSPS) is 24.2. The Morgan fingerprint density at radius 2 is 1.95 bits per heavy atom. The lowest BCUT2D eigenvalue weighted by Gasteiger charge is -2.34. The van der Waals surface area contributed by atoms with E-state index in [-0.39, 0.29) is 0 Å². The van der Waals surface area contributed by atoms with Gasteiger partial charge in [-0.1, -0.05) is 44.4 Å². The fourth-order valence-corrected chi connectivity index (χ4v) is 3.44. The molecule has 1 aromatic carbocycles. The molecule has 1 saturated heterocycles. The van der Waals surface area contributed by atoms with E-state index in [1.807, 2.05) is 0 Å². The van der Waals surface area contributed by atoms with Crippen LogP contribution in [0.4, 0.5) is 0 Å². The van der Waals surface area contributed by atoms with E-state index in [9.17, 15) is 0 Å². The Kier molecular flexibility index (Phi) is 5.04. The first-order chi connectivity index (χ1) is 9.15. The molecule has 19 heavy (non-hydrogen) atoms. The number of benzene rings is 1. The fourth-order valence-electron chi connectivity index (χ4n) is 3.44. The van der Waals surface area contributed by atoms with Crippen LogP contribution in [0, 0.1) is 13.8 Å². The summed E-state index contributed by atoms with van der Waals surface area (Å²) in [5.41, 5.74) is 4.69. The van der Waals surface area contributed by atoms with E-state index in [2.05, 4.69) is 44.3 Å². The summed E-state index contributed by atoms with van der Waals surface area (Å²) in [6.45, 7) is 7.94. The van der Waals surface area contributed by atoms with Gasteiger partial charge in [0.15, 0.2) is 0 Å². The number of hydrogen-bond acceptors (Lipinski definition) is 1.